The molecule has 5 nitrogen and oxygen atoms in total. The van der Waals surface area contributed by atoms with Crippen molar-refractivity contribution in [2.24, 2.45) is 5.92 Å². The Bertz CT molecular complexity index is 450. The van der Waals surface area contributed by atoms with Gasteiger partial charge in [-0.15, -0.1) is 0 Å². The highest BCUT2D eigenvalue weighted by Crippen LogP contribution is 2.06. The molecule has 0 saturated carbocycles. The Morgan fingerprint density at radius 2 is 2.29 bits per heavy atom. The van der Waals surface area contributed by atoms with Crippen LogP contribution in [0.25, 0.3) is 5.69 Å². The Kier molecular flexibility index (Phi) is 3.82. The molecule has 0 atom stereocenters. The summed E-state index contributed by atoms with van der Waals surface area (Å²) >= 11 is 0. The average Bonchev–Trinajstić information content (AvgIpc) is 2.82. The monoisotopic (exact) mass is 231 g/mol. The van der Waals surface area contributed by atoms with Gasteiger partial charge in [-0.05, 0) is 24.6 Å². The minimum atomic E-state index is 0.647. The van der Waals surface area contributed by atoms with Crippen LogP contribution in [-0.2, 0) is 6.54 Å². The van der Waals surface area contributed by atoms with Gasteiger partial charge in [0.05, 0.1) is 11.4 Å². The van der Waals surface area contributed by atoms with Gasteiger partial charge >= 0.3 is 0 Å². The molecule has 2 heterocycles. The van der Waals surface area contributed by atoms with Crippen LogP contribution < -0.4 is 5.32 Å². The molecular formula is C12H17N5. The molecule has 0 bridgehead atoms. The highest BCUT2D eigenvalue weighted by atomic mass is 15.3. The number of nitrogens with zero attached hydrogens (tertiary/aromatic N) is 4. The van der Waals surface area contributed by atoms with Crippen LogP contribution in [0.4, 0.5) is 0 Å². The first-order valence-electron chi connectivity index (χ1n) is 5.76. The lowest BCUT2D eigenvalue weighted by atomic mass is 10.2. The fourth-order valence-electron chi connectivity index (χ4n) is 1.54. The molecule has 1 N–H and O–H groups in total. The summed E-state index contributed by atoms with van der Waals surface area (Å²) in [5, 5.41) is 7.46. The van der Waals surface area contributed by atoms with Crippen LogP contribution in [0.5, 0.6) is 0 Å². The first-order valence-corrected chi connectivity index (χ1v) is 5.76. The predicted molar refractivity (Wildman–Crippen MR) is 65.7 cm³/mol. The Balaban J connectivity index is 2.02. The number of rotatable bonds is 5. The van der Waals surface area contributed by atoms with Gasteiger partial charge in [0, 0.05) is 12.7 Å². The van der Waals surface area contributed by atoms with Crippen LogP contribution >= 0.6 is 0 Å². The molecule has 17 heavy (non-hydrogen) atoms. The van der Waals surface area contributed by atoms with Crippen LogP contribution in [-0.4, -0.2) is 26.3 Å². The minimum absolute atomic E-state index is 0.647. The normalized spacial score (nSPS) is 11.0. The summed E-state index contributed by atoms with van der Waals surface area (Å²) < 4.78 is 1.73. The zero-order chi connectivity index (χ0) is 12.1. The molecule has 0 aromatic carbocycles. The molecule has 0 saturated heterocycles. The van der Waals surface area contributed by atoms with E-state index in [2.05, 4.69) is 34.2 Å². The third kappa shape index (κ3) is 3.35. The molecule has 5 heteroatoms. The van der Waals surface area contributed by atoms with Crippen LogP contribution in [0.15, 0.2) is 31.0 Å². The maximum Gasteiger partial charge on any atom is 0.138 e. The summed E-state index contributed by atoms with van der Waals surface area (Å²) in [6.07, 6.45) is 5.00. The van der Waals surface area contributed by atoms with Gasteiger partial charge in [-0.3, -0.25) is 4.98 Å². The maximum absolute atomic E-state index is 4.32. The van der Waals surface area contributed by atoms with Gasteiger partial charge in [0.25, 0.3) is 0 Å². The standard InChI is InChI=1S/C12H17N5/c1-10(2)6-13-7-11-5-12(3-4-15-11)17-9-14-8-16-17/h3-5,8-10,13H,6-7H2,1-2H3. The van der Waals surface area contributed by atoms with Gasteiger partial charge in [0.1, 0.15) is 12.7 Å². The summed E-state index contributed by atoms with van der Waals surface area (Å²) in [7, 11) is 0. The highest BCUT2D eigenvalue weighted by molar-refractivity contribution is 5.30. The highest BCUT2D eigenvalue weighted by Gasteiger charge is 2.00. The van der Waals surface area contributed by atoms with Gasteiger partial charge in [0.15, 0.2) is 0 Å². The second kappa shape index (κ2) is 5.54. The topological polar surface area (TPSA) is 55.6 Å². The summed E-state index contributed by atoms with van der Waals surface area (Å²) in [5.74, 6) is 0.647. The van der Waals surface area contributed by atoms with Gasteiger partial charge < -0.3 is 5.32 Å². The van der Waals surface area contributed by atoms with Gasteiger partial charge in [-0.1, -0.05) is 13.8 Å². The van der Waals surface area contributed by atoms with Crippen LogP contribution in [0, 0.1) is 5.92 Å². The molecule has 2 rings (SSSR count). The maximum atomic E-state index is 4.32. The molecule has 0 aliphatic heterocycles. The number of hydrogen-bond donors (Lipinski definition) is 1. The largest absolute Gasteiger partial charge is 0.311 e. The second-order valence-corrected chi connectivity index (χ2v) is 4.37. The zero-order valence-corrected chi connectivity index (χ0v) is 10.2. The van der Waals surface area contributed by atoms with E-state index in [0.29, 0.717) is 5.92 Å². The molecule has 0 spiro atoms. The van der Waals surface area contributed by atoms with Gasteiger partial charge in [-0.2, -0.15) is 5.10 Å². The first kappa shape index (κ1) is 11.7. The molecule has 90 valence electrons. The number of aromatic nitrogens is 4. The third-order valence-corrected chi connectivity index (χ3v) is 2.34. The summed E-state index contributed by atoms with van der Waals surface area (Å²) in [6.45, 7) is 6.15. The van der Waals surface area contributed by atoms with E-state index >= 15 is 0 Å². The van der Waals surface area contributed by atoms with Crippen molar-refractivity contribution < 1.29 is 0 Å². The van der Waals surface area contributed by atoms with Crippen molar-refractivity contribution in [2.45, 2.75) is 20.4 Å². The lowest BCUT2D eigenvalue weighted by Crippen LogP contribution is -2.19. The van der Waals surface area contributed by atoms with Crippen molar-refractivity contribution >= 4 is 0 Å². The van der Waals surface area contributed by atoms with Crippen LogP contribution in [0.1, 0.15) is 19.5 Å². The quantitative estimate of drug-likeness (QED) is 0.845. The summed E-state index contributed by atoms with van der Waals surface area (Å²) in [4.78, 5) is 8.25. The summed E-state index contributed by atoms with van der Waals surface area (Å²) in [5.41, 5.74) is 2.00. The Labute approximate surface area is 101 Å². The van der Waals surface area contributed by atoms with Gasteiger partial charge in [0.2, 0.25) is 0 Å². The smallest absolute Gasteiger partial charge is 0.138 e. The molecule has 2 aromatic heterocycles. The minimum Gasteiger partial charge on any atom is -0.311 e. The molecule has 0 fully saturated rings. The molecular weight excluding hydrogens is 214 g/mol. The van der Waals surface area contributed by atoms with E-state index in [-0.39, 0.29) is 0 Å². The predicted octanol–water partition coefficient (Wildman–Crippen LogP) is 1.41. The average molecular weight is 231 g/mol. The molecule has 2 aromatic rings. The fourth-order valence-corrected chi connectivity index (χ4v) is 1.54. The number of pyridine rings is 1. The Morgan fingerprint density at radius 1 is 1.41 bits per heavy atom. The molecule has 0 unspecified atom stereocenters. The third-order valence-electron chi connectivity index (χ3n) is 2.34. The van der Waals surface area contributed by atoms with Crippen molar-refractivity contribution in [1.29, 1.82) is 0 Å². The van der Waals surface area contributed by atoms with E-state index in [1.54, 1.807) is 17.2 Å². The molecule has 0 amide bonds. The lowest BCUT2D eigenvalue weighted by molar-refractivity contribution is 0.548. The van der Waals surface area contributed by atoms with Crippen LogP contribution in [0.2, 0.25) is 0 Å². The van der Waals surface area contributed by atoms with E-state index in [9.17, 15) is 0 Å². The van der Waals surface area contributed by atoms with Crippen molar-refractivity contribution in [3.05, 3.63) is 36.7 Å². The number of nitrogens with one attached hydrogen (secondary N) is 1. The van der Waals surface area contributed by atoms with E-state index in [4.69, 9.17) is 0 Å². The van der Waals surface area contributed by atoms with E-state index in [1.807, 2.05) is 12.1 Å². The fraction of sp³-hybridized carbons (Fsp3) is 0.417. The van der Waals surface area contributed by atoms with Crippen molar-refractivity contribution in [3.63, 3.8) is 0 Å². The molecule has 0 aliphatic carbocycles. The molecule has 0 aliphatic rings. The van der Waals surface area contributed by atoms with Gasteiger partial charge in [-0.25, -0.2) is 9.67 Å². The Morgan fingerprint density at radius 3 is 3.00 bits per heavy atom. The van der Waals surface area contributed by atoms with E-state index in [0.717, 1.165) is 24.5 Å². The van der Waals surface area contributed by atoms with Crippen molar-refractivity contribution in [2.75, 3.05) is 6.54 Å². The summed E-state index contributed by atoms with van der Waals surface area (Å²) in [6, 6.07) is 3.93. The van der Waals surface area contributed by atoms with E-state index in [1.165, 1.54) is 6.33 Å². The second-order valence-electron chi connectivity index (χ2n) is 4.37. The number of hydrogen-bond acceptors (Lipinski definition) is 4. The first-order chi connectivity index (χ1) is 8.25. The van der Waals surface area contributed by atoms with E-state index < -0.39 is 0 Å². The van der Waals surface area contributed by atoms with Crippen molar-refractivity contribution in [3.8, 4) is 5.69 Å². The van der Waals surface area contributed by atoms with Crippen LogP contribution in [0.3, 0.4) is 0 Å². The Hall–Kier alpha value is -1.75. The zero-order valence-electron chi connectivity index (χ0n) is 10.2. The lowest BCUT2D eigenvalue weighted by Gasteiger charge is -2.07. The van der Waals surface area contributed by atoms with Crippen molar-refractivity contribution in [1.82, 2.24) is 25.1 Å². The SMILES string of the molecule is CC(C)CNCc1cc(-n2cncn2)ccn1. The molecule has 0 radical (unpaired) electrons.